The summed E-state index contributed by atoms with van der Waals surface area (Å²) >= 11 is 3.24. The molecule has 104 valence electrons. The highest BCUT2D eigenvalue weighted by atomic mass is 79.9. The summed E-state index contributed by atoms with van der Waals surface area (Å²) in [5.74, 6) is -0.408. The molecule has 1 atom stereocenters. The smallest absolute Gasteiger partial charge is 0.241 e. The van der Waals surface area contributed by atoms with Crippen LogP contribution in [-0.2, 0) is 4.79 Å². The third-order valence-corrected chi connectivity index (χ3v) is 3.92. The third kappa shape index (κ3) is 3.75. The van der Waals surface area contributed by atoms with E-state index >= 15 is 0 Å². The maximum atomic E-state index is 13.0. The lowest BCUT2D eigenvalue weighted by Gasteiger charge is -2.31. The molecule has 6 heteroatoms. The first-order chi connectivity index (χ1) is 9.08. The maximum Gasteiger partial charge on any atom is 0.241 e. The van der Waals surface area contributed by atoms with Gasteiger partial charge in [-0.1, -0.05) is 0 Å². The Kier molecular flexibility index (Phi) is 4.90. The van der Waals surface area contributed by atoms with Crippen LogP contribution in [0.15, 0.2) is 22.7 Å². The monoisotopic (exact) mass is 329 g/mol. The molecule has 1 aromatic rings. The van der Waals surface area contributed by atoms with Crippen LogP contribution in [0.5, 0.6) is 0 Å². The van der Waals surface area contributed by atoms with E-state index in [4.69, 9.17) is 0 Å². The lowest BCUT2D eigenvalue weighted by atomic mass is 10.2. The van der Waals surface area contributed by atoms with Crippen LogP contribution in [0, 0.1) is 5.82 Å². The minimum absolute atomic E-state index is 0.0748. The Bertz CT molecular complexity index is 463. The number of nitrogens with one attached hydrogen (secondary N) is 2. The summed E-state index contributed by atoms with van der Waals surface area (Å²) in [6.45, 7) is 5.41. The van der Waals surface area contributed by atoms with E-state index in [1.807, 2.05) is 6.92 Å². The number of amides is 1. The van der Waals surface area contributed by atoms with Crippen LogP contribution >= 0.6 is 15.9 Å². The van der Waals surface area contributed by atoms with Gasteiger partial charge in [0.05, 0.1) is 11.7 Å². The standard InChI is InChI=1S/C13H17BrFN3O/c1-9(18-6-4-16-5-7-18)13(19)17-12-3-2-10(15)8-11(12)14/h2-3,8-9,16H,4-7H2,1H3,(H,17,19). The van der Waals surface area contributed by atoms with Crippen LogP contribution in [0.2, 0.25) is 0 Å². The zero-order chi connectivity index (χ0) is 13.8. The number of anilines is 1. The van der Waals surface area contributed by atoms with Crippen molar-refractivity contribution in [3.8, 4) is 0 Å². The summed E-state index contributed by atoms with van der Waals surface area (Å²) in [7, 11) is 0. The zero-order valence-electron chi connectivity index (χ0n) is 10.7. The molecular formula is C13H17BrFN3O. The van der Waals surface area contributed by atoms with Crippen molar-refractivity contribution in [1.29, 1.82) is 0 Å². The lowest BCUT2D eigenvalue weighted by molar-refractivity contribution is -0.120. The molecule has 1 aromatic carbocycles. The first-order valence-electron chi connectivity index (χ1n) is 6.28. The number of benzene rings is 1. The van der Waals surface area contributed by atoms with Gasteiger partial charge in [-0.05, 0) is 41.1 Å². The minimum Gasteiger partial charge on any atom is -0.324 e. The molecule has 0 radical (unpaired) electrons. The van der Waals surface area contributed by atoms with Crippen molar-refractivity contribution in [1.82, 2.24) is 10.2 Å². The van der Waals surface area contributed by atoms with Crippen molar-refractivity contribution in [3.63, 3.8) is 0 Å². The van der Waals surface area contributed by atoms with Gasteiger partial charge in [-0.2, -0.15) is 0 Å². The predicted molar refractivity (Wildman–Crippen MR) is 76.6 cm³/mol. The predicted octanol–water partition coefficient (Wildman–Crippen LogP) is 1.82. The number of hydrogen-bond acceptors (Lipinski definition) is 3. The maximum absolute atomic E-state index is 13.0. The number of piperazine rings is 1. The molecule has 1 aliphatic heterocycles. The summed E-state index contributed by atoms with van der Waals surface area (Å²) in [4.78, 5) is 14.3. The van der Waals surface area contributed by atoms with Gasteiger partial charge in [0, 0.05) is 30.7 Å². The van der Waals surface area contributed by atoms with E-state index in [1.165, 1.54) is 12.1 Å². The highest BCUT2D eigenvalue weighted by molar-refractivity contribution is 9.10. The SMILES string of the molecule is CC(C(=O)Nc1ccc(F)cc1Br)N1CCNCC1. The van der Waals surface area contributed by atoms with Gasteiger partial charge >= 0.3 is 0 Å². The minimum atomic E-state index is -0.333. The third-order valence-electron chi connectivity index (χ3n) is 3.27. The van der Waals surface area contributed by atoms with Crippen LogP contribution in [-0.4, -0.2) is 43.0 Å². The fourth-order valence-corrected chi connectivity index (χ4v) is 2.51. The van der Waals surface area contributed by atoms with Gasteiger partial charge < -0.3 is 10.6 Å². The number of carbonyl (C=O) groups is 1. The van der Waals surface area contributed by atoms with Crippen LogP contribution < -0.4 is 10.6 Å². The second-order valence-electron chi connectivity index (χ2n) is 4.58. The molecule has 1 amide bonds. The number of rotatable bonds is 3. The van der Waals surface area contributed by atoms with E-state index in [0.29, 0.717) is 10.2 Å². The molecule has 0 spiro atoms. The number of carbonyl (C=O) groups excluding carboxylic acids is 1. The van der Waals surface area contributed by atoms with Crippen LogP contribution in [0.1, 0.15) is 6.92 Å². The van der Waals surface area contributed by atoms with E-state index in [0.717, 1.165) is 26.2 Å². The summed E-state index contributed by atoms with van der Waals surface area (Å²) in [6, 6.07) is 4.03. The average Bonchev–Trinajstić information content (AvgIpc) is 2.42. The molecule has 0 aliphatic carbocycles. The first kappa shape index (κ1) is 14.4. The highest BCUT2D eigenvalue weighted by Crippen LogP contribution is 2.23. The van der Waals surface area contributed by atoms with Gasteiger partial charge in [-0.25, -0.2) is 4.39 Å². The zero-order valence-corrected chi connectivity index (χ0v) is 12.3. The quantitative estimate of drug-likeness (QED) is 0.889. The Balaban J connectivity index is 1.99. The van der Waals surface area contributed by atoms with Crippen molar-refractivity contribution in [2.75, 3.05) is 31.5 Å². The number of hydrogen-bond donors (Lipinski definition) is 2. The Hall–Kier alpha value is -0.980. The van der Waals surface area contributed by atoms with Crippen molar-refractivity contribution in [2.45, 2.75) is 13.0 Å². The van der Waals surface area contributed by atoms with Crippen LogP contribution in [0.4, 0.5) is 10.1 Å². The van der Waals surface area contributed by atoms with Gasteiger partial charge in [0.1, 0.15) is 5.82 Å². The Morgan fingerprint density at radius 3 is 2.79 bits per heavy atom. The van der Waals surface area contributed by atoms with Gasteiger partial charge in [-0.15, -0.1) is 0 Å². The summed E-state index contributed by atoms with van der Waals surface area (Å²) in [6.07, 6.45) is 0. The average molecular weight is 330 g/mol. The van der Waals surface area contributed by atoms with Crippen LogP contribution in [0.25, 0.3) is 0 Å². The fourth-order valence-electron chi connectivity index (χ4n) is 2.06. The molecule has 0 bridgehead atoms. The fraction of sp³-hybridized carbons (Fsp3) is 0.462. The molecule has 4 nitrogen and oxygen atoms in total. The molecule has 1 heterocycles. The number of nitrogens with zero attached hydrogens (tertiary/aromatic N) is 1. The molecule has 1 unspecified atom stereocenters. The topological polar surface area (TPSA) is 44.4 Å². The summed E-state index contributed by atoms with van der Waals surface area (Å²) in [5, 5.41) is 6.07. The highest BCUT2D eigenvalue weighted by Gasteiger charge is 2.23. The molecule has 2 N–H and O–H groups in total. The van der Waals surface area contributed by atoms with Gasteiger partial charge in [0.15, 0.2) is 0 Å². The molecule has 0 saturated carbocycles. The molecule has 1 aliphatic rings. The van der Waals surface area contributed by atoms with Crippen LogP contribution in [0.3, 0.4) is 0 Å². The molecular weight excluding hydrogens is 313 g/mol. The van der Waals surface area contributed by atoms with Crippen molar-refractivity contribution in [3.05, 3.63) is 28.5 Å². The second-order valence-corrected chi connectivity index (χ2v) is 5.43. The molecule has 1 fully saturated rings. The molecule has 19 heavy (non-hydrogen) atoms. The van der Waals surface area contributed by atoms with E-state index in [2.05, 4.69) is 31.5 Å². The largest absolute Gasteiger partial charge is 0.324 e. The second kappa shape index (κ2) is 6.45. The van der Waals surface area contributed by atoms with Crippen molar-refractivity contribution >= 4 is 27.5 Å². The first-order valence-corrected chi connectivity index (χ1v) is 7.08. The van der Waals surface area contributed by atoms with Crippen molar-refractivity contribution in [2.24, 2.45) is 0 Å². The Morgan fingerprint density at radius 2 is 2.16 bits per heavy atom. The molecule has 1 saturated heterocycles. The summed E-state index contributed by atoms with van der Waals surface area (Å²) < 4.78 is 13.5. The van der Waals surface area contributed by atoms with Gasteiger partial charge in [-0.3, -0.25) is 9.69 Å². The van der Waals surface area contributed by atoms with Crippen molar-refractivity contribution < 1.29 is 9.18 Å². The van der Waals surface area contributed by atoms with Gasteiger partial charge in [0.25, 0.3) is 0 Å². The summed E-state index contributed by atoms with van der Waals surface area (Å²) in [5.41, 5.74) is 0.591. The van der Waals surface area contributed by atoms with E-state index in [-0.39, 0.29) is 17.8 Å². The number of halogens is 2. The Labute approximate surface area is 120 Å². The van der Waals surface area contributed by atoms with E-state index in [9.17, 15) is 9.18 Å². The normalized spacial score (nSPS) is 18.1. The lowest BCUT2D eigenvalue weighted by Crippen LogP contribution is -2.51. The molecule has 0 aromatic heterocycles. The van der Waals surface area contributed by atoms with E-state index < -0.39 is 0 Å². The van der Waals surface area contributed by atoms with Gasteiger partial charge in [0.2, 0.25) is 5.91 Å². The Morgan fingerprint density at radius 1 is 1.47 bits per heavy atom. The molecule has 2 rings (SSSR count). The van der Waals surface area contributed by atoms with E-state index in [1.54, 1.807) is 6.07 Å².